The highest BCUT2D eigenvalue weighted by molar-refractivity contribution is 5.75. The number of likely N-dealkylation sites (N-methyl/N-ethyl adjacent to an activating group) is 1. The van der Waals surface area contributed by atoms with Crippen molar-refractivity contribution in [3.63, 3.8) is 0 Å². The molecule has 7 atom stereocenters. The predicted molar refractivity (Wildman–Crippen MR) is 85.9 cm³/mol. The molecule has 0 bridgehead atoms. The number of carbonyl (C=O) groups is 2. The lowest BCUT2D eigenvalue weighted by molar-refractivity contribution is -0.967. The van der Waals surface area contributed by atoms with E-state index in [4.69, 9.17) is 10.5 Å². The van der Waals surface area contributed by atoms with E-state index in [-0.39, 0.29) is 10.5 Å². The second-order valence-corrected chi connectivity index (χ2v) is 6.66. The van der Waals surface area contributed by atoms with Crippen LogP contribution in [0.3, 0.4) is 0 Å². The molecule has 6 N–H and O–H groups in total. The SMILES string of the molecule is C[N+]1(C2OC(C(=O)O)C(O)C(O)C2O)CCCC1C(C=O)=CC=CN. The molecule has 2 heterocycles. The van der Waals surface area contributed by atoms with Crippen molar-refractivity contribution in [3.05, 3.63) is 23.9 Å². The highest BCUT2D eigenvalue weighted by Gasteiger charge is 2.57. The van der Waals surface area contributed by atoms with Gasteiger partial charge in [-0.3, -0.25) is 9.28 Å². The van der Waals surface area contributed by atoms with Crippen LogP contribution in [0.25, 0.3) is 0 Å². The van der Waals surface area contributed by atoms with Crippen molar-refractivity contribution in [2.45, 2.75) is 49.5 Å². The van der Waals surface area contributed by atoms with Crippen LogP contribution in [0.1, 0.15) is 12.8 Å². The Labute approximate surface area is 145 Å². The molecule has 0 spiro atoms. The third-order valence-corrected chi connectivity index (χ3v) is 5.16. The number of hydrogen-bond acceptors (Lipinski definition) is 7. The van der Waals surface area contributed by atoms with Gasteiger partial charge in [-0.05, 0) is 18.4 Å². The van der Waals surface area contributed by atoms with Crippen LogP contribution in [-0.2, 0) is 14.3 Å². The summed E-state index contributed by atoms with van der Waals surface area (Å²) in [6.45, 7) is 0.513. The molecule has 2 rings (SSSR count). The van der Waals surface area contributed by atoms with E-state index in [0.717, 1.165) is 6.42 Å². The van der Waals surface area contributed by atoms with E-state index < -0.39 is 36.6 Å². The van der Waals surface area contributed by atoms with E-state index in [1.54, 1.807) is 13.1 Å². The number of aliphatic hydroxyl groups excluding tert-OH is 3. The lowest BCUT2D eigenvalue weighted by Crippen LogP contribution is -2.70. The minimum atomic E-state index is -1.74. The Kier molecular flexibility index (Phi) is 5.96. The Morgan fingerprint density at radius 1 is 1.24 bits per heavy atom. The first-order valence-electron chi connectivity index (χ1n) is 8.09. The quantitative estimate of drug-likeness (QED) is 0.165. The van der Waals surface area contributed by atoms with Gasteiger partial charge in [-0.15, -0.1) is 0 Å². The molecular weight excluding hydrogens is 332 g/mol. The standard InChI is InChI=1S/C16H24N2O7/c1-18(7-3-5-10(18)9(8-19)4-2-6-17)15-13(22)11(20)12(21)14(25-15)16(23)24/h2,4,6,8,10-15,20-22H,3,5,7H2,1H3,(H2-,17,19,23,24)/p+1. The molecule has 25 heavy (non-hydrogen) atoms. The van der Waals surface area contributed by atoms with Crippen LogP contribution >= 0.6 is 0 Å². The van der Waals surface area contributed by atoms with E-state index in [2.05, 4.69) is 0 Å². The molecule has 0 aromatic rings. The number of aliphatic carboxylic acids is 1. The number of hydrogen-bond donors (Lipinski definition) is 5. The predicted octanol–water partition coefficient (Wildman–Crippen LogP) is -1.91. The number of quaternary nitrogens is 1. The summed E-state index contributed by atoms with van der Waals surface area (Å²) < 4.78 is 5.51. The van der Waals surface area contributed by atoms with Gasteiger partial charge >= 0.3 is 5.97 Å². The number of nitrogens with zero attached hydrogens (tertiary/aromatic N) is 1. The fraction of sp³-hybridized carbons (Fsp3) is 0.625. The molecule has 0 amide bonds. The number of allylic oxidation sites excluding steroid dienone is 2. The van der Waals surface area contributed by atoms with Crippen LogP contribution in [0.4, 0.5) is 0 Å². The van der Waals surface area contributed by atoms with Gasteiger partial charge in [0.1, 0.15) is 18.2 Å². The normalized spacial score (nSPS) is 42.6. The maximum absolute atomic E-state index is 11.5. The van der Waals surface area contributed by atoms with Crippen molar-refractivity contribution >= 4 is 12.3 Å². The summed E-state index contributed by atoms with van der Waals surface area (Å²) in [4.78, 5) is 22.8. The van der Waals surface area contributed by atoms with Gasteiger partial charge in [0, 0.05) is 18.4 Å². The van der Waals surface area contributed by atoms with E-state index >= 15 is 0 Å². The number of ether oxygens (including phenoxy) is 1. The van der Waals surface area contributed by atoms with Crippen molar-refractivity contribution in [1.29, 1.82) is 0 Å². The Hall–Kier alpha value is -1.78. The van der Waals surface area contributed by atoms with Crippen LogP contribution in [0, 0.1) is 0 Å². The number of carboxylic acid groups (broad SMARTS) is 1. The molecule has 2 fully saturated rings. The molecular formula is C16H25N2O7+. The molecule has 2 aliphatic rings. The fourth-order valence-electron chi connectivity index (χ4n) is 3.84. The number of aliphatic hydroxyl groups is 3. The third kappa shape index (κ3) is 3.46. The Morgan fingerprint density at radius 2 is 1.92 bits per heavy atom. The number of carbonyl (C=O) groups excluding carboxylic acids is 1. The van der Waals surface area contributed by atoms with Gasteiger partial charge in [-0.1, -0.05) is 0 Å². The molecule has 2 aliphatic heterocycles. The minimum Gasteiger partial charge on any atom is -0.479 e. The molecule has 140 valence electrons. The van der Waals surface area contributed by atoms with Crippen molar-refractivity contribution < 1.29 is 39.2 Å². The van der Waals surface area contributed by atoms with Gasteiger partial charge in [0.05, 0.1) is 13.6 Å². The zero-order valence-electron chi connectivity index (χ0n) is 13.9. The van der Waals surface area contributed by atoms with E-state index in [0.29, 0.717) is 24.8 Å². The van der Waals surface area contributed by atoms with Crippen LogP contribution in [0.5, 0.6) is 0 Å². The summed E-state index contributed by atoms with van der Waals surface area (Å²) in [6, 6.07) is -0.356. The molecule has 0 radical (unpaired) electrons. The van der Waals surface area contributed by atoms with Crippen LogP contribution in [-0.4, -0.2) is 87.4 Å². The highest BCUT2D eigenvalue weighted by Crippen LogP contribution is 2.37. The second kappa shape index (κ2) is 7.63. The molecule has 0 aromatic carbocycles. The number of rotatable bonds is 5. The lowest BCUT2D eigenvalue weighted by Gasteiger charge is -2.49. The summed E-state index contributed by atoms with van der Waals surface area (Å²) in [5.41, 5.74) is 5.75. The van der Waals surface area contributed by atoms with Gasteiger partial charge < -0.3 is 30.9 Å². The van der Waals surface area contributed by atoms with Crippen LogP contribution in [0.15, 0.2) is 23.9 Å². The third-order valence-electron chi connectivity index (χ3n) is 5.16. The van der Waals surface area contributed by atoms with Crippen molar-refractivity contribution in [2.75, 3.05) is 13.6 Å². The van der Waals surface area contributed by atoms with Gasteiger partial charge in [0.15, 0.2) is 18.5 Å². The average Bonchev–Trinajstić information content (AvgIpc) is 2.96. The second-order valence-electron chi connectivity index (χ2n) is 6.66. The van der Waals surface area contributed by atoms with Crippen molar-refractivity contribution in [3.8, 4) is 0 Å². The Morgan fingerprint density at radius 3 is 2.48 bits per heavy atom. The summed E-state index contributed by atoms with van der Waals surface area (Å²) in [5, 5.41) is 39.5. The highest BCUT2D eigenvalue weighted by atomic mass is 16.6. The number of carboxylic acids is 1. The van der Waals surface area contributed by atoms with Gasteiger partial charge in [0.25, 0.3) is 0 Å². The summed E-state index contributed by atoms with van der Waals surface area (Å²) in [7, 11) is 1.73. The van der Waals surface area contributed by atoms with Gasteiger partial charge in [-0.2, -0.15) is 0 Å². The molecule has 2 saturated heterocycles. The van der Waals surface area contributed by atoms with E-state index in [1.165, 1.54) is 12.3 Å². The minimum absolute atomic E-state index is 0.0255. The first-order valence-corrected chi connectivity index (χ1v) is 8.09. The lowest BCUT2D eigenvalue weighted by atomic mass is 9.95. The zero-order valence-corrected chi connectivity index (χ0v) is 13.9. The smallest absolute Gasteiger partial charge is 0.335 e. The maximum atomic E-state index is 11.5. The number of aldehydes is 1. The van der Waals surface area contributed by atoms with Crippen molar-refractivity contribution in [2.24, 2.45) is 5.73 Å². The van der Waals surface area contributed by atoms with Crippen LogP contribution in [0.2, 0.25) is 0 Å². The molecule has 9 nitrogen and oxygen atoms in total. The fourth-order valence-corrected chi connectivity index (χ4v) is 3.84. The first-order chi connectivity index (χ1) is 11.8. The largest absolute Gasteiger partial charge is 0.479 e. The molecule has 7 unspecified atom stereocenters. The maximum Gasteiger partial charge on any atom is 0.335 e. The summed E-state index contributed by atoms with van der Waals surface area (Å²) in [6.07, 6.45) is -1.24. The summed E-state index contributed by atoms with van der Waals surface area (Å²) >= 11 is 0. The Balaban J connectivity index is 2.38. The molecule has 0 aliphatic carbocycles. The van der Waals surface area contributed by atoms with Gasteiger partial charge in [0.2, 0.25) is 6.23 Å². The van der Waals surface area contributed by atoms with Crippen molar-refractivity contribution in [1.82, 2.24) is 0 Å². The first kappa shape index (κ1) is 19.5. The van der Waals surface area contributed by atoms with E-state index in [1.807, 2.05) is 0 Å². The monoisotopic (exact) mass is 357 g/mol. The topological polar surface area (TPSA) is 150 Å². The average molecular weight is 357 g/mol. The number of likely N-dealkylation sites (tertiary alicyclic amines) is 1. The zero-order chi connectivity index (χ0) is 18.8. The van der Waals surface area contributed by atoms with E-state index in [9.17, 15) is 30.0 Å². The molecule has 0 aromatic heterocycles. The molecule has 0 saturated carbocycles. The number of nitrogens with two attached hydrogens (primary N) is 1. The summed E-state index contributed by atoms with van der Waals surface area (Å²) in [5.74, 6) is -1.43. The van der Waals surface area contributed by atoms with Crippen LogP contribution < -0.4 is 5.73 Å². The van der Waals surface area contributed by atoms with Gasteiger partial charge in [-0.25, -0.2) is 4.79 Å². The molecule has 9 heteroatoms. The Bertz CT molecular complexity index is 579.